The van der Waals surface area contributed by atoms with Crippen LogP contribution in [0, 0.1) is 29.1 Å². The van der Waals surface area contributed by atoms with Gasteiger partial charge in [0.2, 0.25) is 5.82 Å². The summed E-state index contributed by atoms with van der Waals surface area (Å²) >= 11 is 0. The van der Waals surface area contributed by atoms with Crippen molar-refractivity contribution in [2.75, 3.05) is 18.0 Å². The van der Waals surface area contributed by atoms with E-state index in [1.165, 1.54) is 12.1 Å². The van der Waals surface area contributed by atoms with Gasteiger partial charge in [-0.05, 0) is 48.6 Å². The van der Waals surface area contributed by atoms with Gasteiger partial charge in [-0.2, -0.15) is 0 Å². The molecule has 7 aromatic rings. The van der Waals surface area contributed by atoms with E-state index in [1.807, 2.05) is 24.3 Å². The molecular formula is C38H30F5N3O3. The van der Waals surface area contributed by atoms with Crippen LogP contribution in [-0.2, 0) is 11.3 Å². The van der Waals surface area contributed by atoms with Crippen LogP contribution in [0.3, 0.4) is 0 Å². The first-order chi connectivity index (χ1) is 23.7. The van der Waals surface area contributed by atoms with Crippen LogP contribution < -0.4 is 4.90 Å². The van der Waals surface area contributed by atoms with Crippen molar-refractivity contribution in [3.05, 3.63) is 101 Å². The Morgan fingerprint density at radius 1 is 0.735 bits per heavy atom. The fourth-order valence-electron chi connectivity index (χ4n) is 6.22. The number of hydrogen-bond donors (Lipinski definition) is 0. The van der Waals surface area contributed by atoms with E-state index in [9.17, 15) is 26.7 Å². The Labute approximate surface area is 277 Å². The van der Waals surface area contributed by atoms with Gasteiger partial charge in [-0.15, -0.1) is 0 Å². The van der Waals surface area contributed by atoms with Crippen LogP contribution in [0.15, 0.2) is 65.1 Å². The fraction of sp³-hybridized carbons (Fsp3) is 0.237. The van der Waals surface area contributed by atoms with Crippen LogP contribution in [-0.4, -0.2) is 29.0 Å². The molecule has 6 nitrogen and oxygen atoms in total. The Bertz CT molecular complexity index is 2390. The molecule has 0 aliphatic heterocycles. The molecule has 0 saturated carbocycles. The Morgan fingerprint density at radius 2 is 1.39 bits per heavy atom. The van der Waals surface area contributed by atoms with Crippen molar-refractivity contribution in [3.8, 4) is 0 Å². The molecule has 11 heteroatoms. The van der Waals surface area contributed by atoms with Crippen molar-refractivity contribution in [2.24, 2.45) is 0 Å². The molecular weight excluding hydrogens is 641 g/mol. The third-order valence-electron chi connectivity index (χ3n) is 8.82. The first-order valence-corrected chi connectivity index (χ1v) is 16.1. The van der Waals surface area contributed by atoms with Crippen LogP contribution in [0.1, 0.15) is 55.5 Å². The van der Waals surface area contributed by atoms with Gasteiger partial charge in [-0.25, -0.2) is 36.7 Å². The molecule has 7 rings (SSSR count). The lowest BCUT2D eigenvalue weighted by Crippen LogP contribution is -2.25. The first-order valence-electron chi connectivity index (χ1n) is 16.1. The molecule has 0 fully saturated rings. The lowest BCUT2D eigenvalue weighted by atomic mass is 10.0. The van der Waals surface area contributed by atoms with Gasteiger partial charge in [0.1, 0.15) is 23.2 Å². The normalized spacial score (nSPS) is 11.8. The number of aromatic nitrogens is 2. The number of hydrogen-bond acceptors (Lipinski definition) is 6. The van der Waals surface area contributed by atoms with Crippen LogP contribution >= 0.6 is 0 Å². The minimum Gasteiger partial charge on any atom is -0.457 e. The predicted molar refractivity (Wildman–Crippen MR) is 179 cm³/mol. The second-order valence-corrected chi connectivity index (χ2v) is 12.0. The number of rotatable bonds is 10. The van der Waals surface area contributed by atoms with Crippen LogP contribution in [0.5, 0.6) is 0 Å². The number of carbonyl (C=O) groups is 1. The Hall–Kier alpha value is -5.32. The standard InChI is InChI=1S/C38H30F5N3O3/c1-3-5-15-46(16-6-4-2)21-12-13-24-28(18-21)49-37-29(24)22-9-7-8-10-23(22)35-36(37)45-27-17-20(11-14-26(27)44-35)38(47)48-19-25-30(39)32(41)34(43)33(42)31(25)40/h7-14,17-18H,3-6,15-16,19H2,1-2H3. The monoisotopic (exact) mass is 671 g/mol. The van der Waals surface area contributed by atoms with Gasteiger partial charge in [0.05, 0.1) is 22.2 Å². The first kappa shape index (κ1) is 32.2. The van der Waals surface area contributed by atoms with Crippen molar-refractivity contribution in [3.63, 3.8) is 0 Å². The highest BCUT2D eigenvalue weighted by Gasteiger charge is 2.27. The van der Waals surface area contributed by atoms with E-state index < -0.39 is 47.2 Å². The SMILES string of the molecule is CCCCN(CCCC)c1ccc2c(c1)oc1c3nc4cc(C(=O)OCc5c(F)c(F)c(F)c(F)c5F)ccc4nc3c3ccccc3c21. The second kappa shape index (κ2) is 12.9. The van der Waals surface area contributed by atoms with Gasteiger partial charge in [-0.3, -0.25) is 0 Å². The average molecular weight is 672 g/mol. The van der Waals surface area contributed by atoms with Crippen molar-refractivity contribution in [1.82, 2.24) is 9.97 Å². The summed E-state index contributed by atoms with van der Waals surface area (Å²) in [6.45, 7) is 5.06. The van der Waals surface area contributed by atoms with Gasteiger partial charge in [0.15, 0.2) is 28.9 Å². The zero-order chi connectivity index (χ0) is 34.4. The molecule has 0 aliphatic carbocycles. The summed E-state index contributed by atoms with van der Waals surface area (Å²) in [6, 6.07) is 18.4. The minimum atomic E-state index is -2.29. The minimum absolute atomic E-state index is 0.0597. The second-order valence-electron chi connectivity index (χ2n) is 12.0. The molecule has 0 aliphatic rings. The molecule has 0 atom stereocenters. The van der Waals surface area contributed by atoms with E-state index in [2.05, 4.69) is 36.9 Å². The fourth-order valence-corrected chi connectivity index (χ4v) is 6.22. The molecule has 2 heterocycles. The smallest absolute Gasteiger partial charge is 0.338 e. The number of benzene rings is 5. The molecule has 0 unspecified atom stereocenters. The summed E-state index contributed by atoms with van der Waals surface area (Å²) in [7, 11) is 0. The summed E-state index contributed by atoms with van der Waals surface area (Å²) in [5, 5.41) is 3.62. The number of ether oxygens (including phenoxy) is 1. The van der Waals surface area contributed by atoms with E-state index in [4.69, 9.17) is 19.1 Å². The highest BCUT2D eigenvalue weighted by atomic mass is 19.2. The van der Waals surface area contributed by atoms with E-state index in [0.717, 1.165) is 66.0 Å². The molecule has 5 aromatic carbocycles. The van der Waals surface area contributed by atoms with Crippen molar-refractivity contribution in [1.29, 1.82) is 0 Å². The topological polar surface area (TPSA) is 68.5 Å². The molecule has 0 spiro atoms. The molecule has 0 radical (unpaired) electrons. The lowest BCUT2D eigenvalue weighted by molar-refractivity contribution is 0.0462. The quantitative estimate of drug-likeness (QED) is 0.0360. The van der Waals surface area contributed by atoms with E-state index in [1.54, 1.807) is 6.07 Å². The van der Waals surface area contributed by atoms with Crippen LogP contribution in [0.2, 0.25) is 0 Å². The van der Waals surface area contributed by atoms with Crippen molar-refractivity contribution in [2.45, 2.75) is 46.1 Å². The number of anilines is 1. The number of esters is 1. The summed E-state index contributed by atoms with van der Waals surface area (Å²) in [6.07, 6.45) is 4.33. The zero-order valence-electron chi connectivity index (χ0n) is 26.7. The van der Waals surface area contributed by atoms with Gasteiger partial charge >= 0.3 is 5.97 Å². The Balaban J connectivity index is 1.32. The highest BCUT2D eigenvalue weighted by molar-refractivity contribution is 6.29. The van der Waals surface area contributed by atoms with Crippen LogP contribution in [0.4, 0.5) is 27.6 Å². The summed E-state index contributed by atoms with van der Waals surface area (Å²) in [4.78, 5) is 25.1. The lowest BCUT2D eigenvalue weighted by Gasteiger charge is -2.24. The molecule has 0 bridgehead atoms. The summed E-state index contributed by atoms with van der Waals surface area (Å²) < 4.78 is 80.5. The Morgan fingerprint density at radius 3 is 2.08 bits per heavy atom. The van der Waals surface area contributed by atoms with E-state index in [0.29, 0.717) is 33.2 Å². The maximum atomic E-state index is 14.1. The number of halogens is 5. The third kappa shape index (κ3) is 5.56. The van der Waals surface area contributed by atoms with Crippen molar-refractivity contribution < 1.29 is 35.9 Å². The maximum absolute atomic E-state index is 14.1. The molecule has 0 saturated heterocycles. The van der Waals surface area contributed by atoms with Crippen LogP contribution in [0.25, 0.3) is 54.8 Å². The number of unbranched alkanes of at least 4 members (excludes halogenated alkanes) is 2. The van der Waals surface area contributed by atoms with Gasteiger partial charge < -0.3 is 14.1 Å². The zero-order valence-corrected chi connectivity index (χ0v) is 26.7. The molecule has 2 aromatic heterocycles. The van der Waals surface area contributed by atoms with E-state index in [-0.39, 0.29) is 5.56 Å². The maximum Gasteiger partial charge on any atom is 0.338 e. The number of fused-ring (bicyclic) bond motifs is 9. The largest absolute Gasteiger partial charge is 0.457 e. The number of carbonyl (C=O) groups excluding carboxylic acids is 1. The summed E-state index contributed by atoms with van der Waals surface area (Å²) in [5.74, 6) is -11.7. The molecule has 0 N–H and O–H groups in total. The number of furan rings is 1. The third-order valence-corrected chi connectivity index (χ3v) is 8.82. The number of nitrogens with zero attached hydrogens (tertiary/aromatic N) is 3. The Kier molecular flexibility index (Phi) is 8.52. The van der Waals surface area contributed by atoms with Gasteiger partial charge in [0.25, 0.3) is 0 Å². The summed E-state index contributed by atoms with van der Waals surface area (Å²) in [5.41, 5.74) is 2.83. The van der Waals surface area contributed by atoms with E-state index >= 15 is 0 Å². The van der Waals surface area contributed by atoms with Gasteiger partial charge in [0, 0.05) is 41.0 Å². The molecule has 49 heavy (non-hydrogen) atoms. The highest BCUT2D eigenvalue weighted by Crippen LogP contribution is 2.41. The average Bonchev–Trinajstić information content (AvgIpc) is 3.51. The molecule has 0 amide bonds. The van der Waals surface area contributed by atoms with Crippen molar-refractivity contribution >= 4 is 66.4 Å². The predicted octanol–water partition coefficient (Wildman–Crippen LogP) is 10.3. The molecule has 250 valence electrons. The van der Waals surface area contributed by atoms with Gasteiger partial charge in [-0.1, -0.05) is 51.0 Å².